The van der Waals surface area contributed by atoms with Crippen LogP contribution in [-0.2, 0) is 14.3 Å². The predicted octanol–water partition coefficient (Wildman–Crippen LogP) is 6.04. The lowest BCUT2D eigenvalue weighted by molar-refractivity contribution is -0.138. The Hall–Kier alpha value is -2.65. The molecule has 4 rings (SSSR count). The number of aliphatic hydroxyl groups excluding tert-OH is 1. The van der Waals surface area contributed by atoms with Gasteiger partial charge in [-0.3, -0.25) is 14.4 Å². The van der Waals surface area contributed by atoms with Crippen LogP contribution in [0.5, 0.6) is 5.75 Å². The zero-order valence-corrected chi connectivity index (χ0v) is 28.1. The molecule has 0 aromatic heterocycles. The van der Waals surface area contributed by atoms with E-state index in [0.29, 0.717) is 36.7 Å². The van der Waals surface area contributed by atoms with Crippen molar-refractivity contribution in [2.45, 2.75) is 122 Å². The second kappa shape index (κ2) is 17.3. The Morgan fingerprint density at radius 2 is 1.62 bits per heavy atom. The molecule has 0 bridgehead atoms. The number of fused-ring (bicyclic) bond motifs is 1. The number of benzene rings is 1. The topological polar surface area (TPSA) is 108 Å². The van der Waals surface area contributed by atoms with Gasteiger partial charge in [-0.15, -0.1) is 0 Å². The Kier molecular flexibility index (Phi) is 13.5. The summed E-state index contributed by atoms with van der Waals surface area (Å²) in [5.74, 6) is 0.366. The molecular formula is C36H57N3O6. The van der Waals surface area contributed by atoms with E-state index in [9.17, 15) is 19.5 Å². The van der Waals surface area contributed by atoms with Gasteiger partial charge in [-0.25, -0.2) is 0 Å². The smallest absolute Gasteiger partial charge is 0.258 e. The average molecular weight is 628 g/mol. The fourth-order valence-corrected chi connectivity index (χ4v) is 7.09. The summed E-state index contributed by atoms with van der Waals surface area (Å²) in [4.78, 5) is 44.3. The number of rotatable bonds is 7. The van der Waals surface area contributed by atoms with Crippen LogP contribution in [0.2, 0.25) is 0 Å². The summed E-state index contributed by atoms with van der Waals surface area (Å²) in [5.41, 5.74) is 0.943. The average Bonchev–Trinajstić information content (AvgIpc) is 3.06. The van der Waals surface area contributed by atoms with Crippen molar-refractivity contribution >= 4 is 23.4 Å². The van der Waals surface area contributed by atoms with Crippen molar-refractivity contribution in [1.82, 2.24) is 9.80 Å². The van der Waals surface area contributed by atoms with E-state index >= 15 is 0 Å². The van der Waals surface area contributed by atoms with Crippen molar-refractivity contribution in [1.29, 1.82) is 0 Å². The predicted molar refractivity (Wildman–Crippen MR) is 176 cm³/mol. The molecule has 0 radical (unpaired) electrons. The van der Waals surface area contributed by atoms with Crippen molar-refractivity contribution < 1.29 is 29.0 Å². The van der Waals surface area contributed by atoms with Crippen LogP contribution in [0.1, 0.15) is 115 Å². The molecule has 0 saturated heterocycles. The Morgan fingerprint density at radius 3 is 2.29 bits per heavy atom. The molecule has 2 N–H and O–H groups in total. The lowest BCUT2D eigenvalue weighted by atomic mass is 9.88. The van der Waals surface area contributed by atoms with Gasteiger partial charge < -0.3 is 29.7 Å². The summed E-state index contributed by atoms with van der Waals surface area (Å²) in [5, 5.41) is 13.3. The number of aliphatic hydroxyl groups is 1. The van der Waals surface area contributed by atoms with Crippen LogP contribution in [-0.4, -0.2) is 84.2 Å². The fraction of sp³-hybridized carbons (Fsp3) is 0.750. The summed E-state index contributed by atoms with van der Waals surface area (Å²) in [6, 6.07) is 4.87. The highest BCUT2D eigenvalue weighted by Gasteiger charge is 2.32. The van der Waals surface area contributed by atoms with Gasteiger partial charge in [-0.05, 0) is 77.0 Å². The number of amides is 3. The van der Waals surface area contributed by atoms with Crippen molar-refractivity contribution in [2.24, 2.45) is 17.8 Å². The minimum absolute atomic E-state index is 0.00151. The van der Waals surface area contributed by atoms with E-state index < -0.39 is 6.04 Å². The number of ether oxygens (including phenoxy) is 2. The standard InChI is InChI=1S/C36H57N3O6/c1-25-22-39(26(2)24-40)36(43)31-21-30(37-34(41)28-14-7-5-8-15-28)18-19-32(31)45-27(3)13-11-12-20-44-33(25)23-38(4)35(42)29-16-9-6-10-17-29/h18-19,21,25-29,33,40H,5-17,20,22-24H2,1-4H3,(H,37,41)/t25-,26+,27-,33+/m1/s1. The molecule has 1 aromatic rings. The monoisotopic (exact) mass is 627 g/mol. The summed E-state index contributed by atoms with van der Waals surface area (Å²) >= 11 is 0. The summed E-state index contributed by atoms with van der Waals surface area (Å²) in [7, 11) is 1.87. The SMILES string of the molecule is C[C@@H]1CCCCO[C@@H](CN(C)C(=O)C2CCCCC2)[C@H](C)CN([C@@H](C)CO)C(=O)c2cc(NC(=O)C3CCCCC3)ccc2O1. The van der Waals surface area contributed by atoms with Gasteiger partial charge in [-0.2, -0.15) is 0 Å². The molecule has 0 unspecified atom stereocenters. The molecule has 0 spiro atoms. The third-order valence-electron chi connectivity index (χ3n) is 10.1. The van der Waals surface area contributed by atoms with E-state index in [1.807, 2.05) is 31.9 Å². The van der Waals surface area contributed by atoms with E-state index in [1.165, 1.54) is 12.8 Å². The molecule has 9 heteroatoms. The highest BCUT2D eigenvalue weighted by Crippen LogP contribution is 2.31. The Morgan fingerprint density at radius 1 is 0.978 bits per heavy atom. The minimum atomic E-state index is -0.458. The first-order chi connectivity index (χ1) is 21.7. The largest absolute Gasteiger partial charge is 0.490 e. The van der Waals surface area contributed by atoms with E-state index in [0.717, 1.165) is 70.6 Å². The van der Waals surface area contributed by atoms with Gasteiger partial charge in [0.1, 0.15) is 5.75 Å². The molecule has 2 aliphatic carbocycles. The van der Waals surface area contributed by atoms with Gasteiger partial charge in [-0.1, -0.05) is 45.4 Å². The third kappa shape index (κ3) is 9.92. The molecule has 45 heavy (non-hydrogen) atoms. The molecule has 9 nitrogen and oxygen atoms in total. The highest BCUT2D eigenvalue weighted by molar-refractivity contribution is 6.00. The lowest BCUT2D eigenvalue weighted by Gasteiger charge is -2.36. The van der Waals surface area contributed by atoms with Crippen LogP contribution in [0.3, 0.4) is 0 Å². The first-order valence-corrected chi connectivity index (χ1v) is 17.6. The number of carbonyl (C=O) groups excluding carboxylic acids is 3. The second-order valence-electron chi connectivity index (χ2n) is 13.9. The Balaban J connectivity index is 1.58. The van der Waals surface area contributed by atoms with Gasteiger partial charge >= 0.3 is 0 Å². The maximum absolute atomic E-state index is 14.4. The summed E-state index contributed by atoms with van der Waals surface area (Å²) in [6.45, 7) is 7.06. The van der Waals surface area contributed by atoms with Gasteiger partial charge in [0, 0.05) is 50.2 Å². The zero-order chi connectivity index (χ0) is 32.3. The number of carbonyl (C=O) groups is 3. The summed E-state index contributed by atoms with van der Waals surface area (Å²) < 4.78 is 12.8. The van der Waals surface area contributed by atoms with Gasteiger partial charge in [0.15, 0.2) is 0 Å². The number of hydrogen-bond donors (Lipinski definition) is 2. The van der Waals surface area contributed by atoms with Crippen molar-refractivity contribution in [3.63, 3.8) is 0 Å². The number of nitrogens with zero attached hydrogens (tertiary/aromatic N) is 2. The van der Waals surface area contributed by atoms with Gasteiger partial charge in [0.05, 0.1) is 30.4 Å². The summed E-state index contributed by atoms with van der Waals surface area (Å²) in [6.07, 6.45) is 12.6. The molecule has 1 aromatic carbocycles. The molecule has 2 fully saturated rings. The number of nitrogens with one attached hydrogen (secondary N) is 1. The van der Waals surface area contributed by atoms with Crippen molar-refractivity contribution in [3.8, 4) is 5.75 Å². The Labute approximate surface area is 270 Å². The first-order valence-electron chi connectivity index (χ1n) is 17.6. The van der Waals surface area contributed by atoms with Crippen LogP contribution in [0.25, 0.3) is 0 Å². The number of likely N-dealkylation sites (N-methyl/N-ethyl adjacent to an activating group) is 1. The minimum Gasteiger partial charge on any atom is -0.490 e. The van der Waals surface area contributed by atoms with E-state index in [2.05, 4.69) is 12.2 Å². The van der Waals surface area contributed by atoms with Gasteiger partial charge in [0.2, 0.25) is 11.8 Å². The molecular weight excluding hydrogens is 570 g/mol. The van der Waals surface area contributed by atoms with Crippen molar-refractivity contribution in [2.75, 3.05) is 38.7 Å². The van der Waals surface area contributed by atoms with Crippen LogP contribution >= 0.6 is 0 Å². The third-order valence-corrected chi connectivity index (χ3v) is 10.1. The number of anilines is 1. The zero-order valence-electron chi connectivity index (χ0n) is 28.1. The van der Waals surface area contributed by atoms with Crippen molar-refractivity contribution in [3.05, 3.63) is 23.8 Å². The fourth-order valence-electron chi connectivity index (χ4n) is 7.09. The maximum atomic E-state index is 14.4. The molecule has 252 valence electrons. The van der Waals surface area contributed by atoms with E-state index in [-0.39, 0.29) is 54.3 Å². The molecule has 3 aliphatic rings. The maximum Gasteiger partial charge on any atom is 0.258 e. The van der Waals surface area contributed by atoms with Crippen LogP contribution in [0.4, 0.5) is 5.69 Å². The second-order valence-corrected chi connectivity index (χ2v) is 13.9. The molecule has 3 amide bonds. The molecule has 1 aliphatic heterocycles. The highest BCUT2D eigenvalue weighted by atomic mass is 16.5. The van der Waals surface area contributed by atoms with E-state index in [4.69, 9.17) is 9.47 Å². The molecule has 1 heterocycles. The number of hydrogen-bond acceptors (Lipinski definition) is 6. The van der Waals surface area contributed by atoms with Gasteiger partial charge in [0.25, 0.3) is 5.91 Å². The Bertz CT molecular complexity index is 1120. The normalized spacial score (nSPS) is 25.4. The van der Waals surface area contributed by atoms with Crippen LogP contribution in [0.15, 0.2) is 18.2 Å². The molecule has 2 saturated carbocycles. The lowest BCUT2D eigenvalue weighted by Crippen LogP contribution is -2.48. The van der Waals surface area contributed by atoms with E-state index in [1.54, 1.807) is 17.0 Å². The first kappa shape index (κ1) is 35.2. The van der Waals surface area contributed by atoms with Crippen LogP contribution in [0, 0.1) is 17.8 Å². The quantitative estimate of drug-likeness (QED) is 0.382. The van der Waals surface area contributed by atoms with Crippen LogP contribution < -0.4 is 10.1 Å². The molecule has 4 atom stereocenters.